The lowest BCUT2D eigenvalue weighted by molar-refractivity contribution is -0.141. The summed E-state index contributed by atoms with van der Waals surface area (Å²) in [4.78, 5) is 52.9. The van der Waals surface area contributed by atoms with Crippen molar-refractivity contribution in [1.29, 1.82) is 0 Å². The first-order valence-corrected chi connectivity index (χ1v) is 13.3. The van der Waals surface area contributed by atoms with Crippen LogP contribution >= 0.6 is 12.6 Å². The number of carbonyl (C=O) groups excluding carboxylic acids is 4. The number of ether oxygens (including phenoxy) is 1. The van der Waals surface area contributed by atoms with Crippen LogP contribution in [0.2, 0.25) is 0 Å². The van der Waals surface area contributed by atoms with Crippen molar-refractivity contribution in [2.45, 2.75) is 83.8 Å². The Kier molecular flexibility index (Phi) is 12.2. The monoisotopic (exact) mass is 536 g/mol. The van der Waals surface area contributed by atoms with Gasteiger partial charge in [0.15, 0.2) is 0 Å². The van der Waals surface area contributed by atoms with Crippen LogP contribution < -0.4 is 16.0 Å². The first-order valence-electron chi connectivity index (χ1n) is 12.7. The summed E-state index contributed by atoms with van der Waals surface area (Å²) in [6.45, 7) is 7.42. The Labute approximate surface area is 224 Å². The van der Waals surface area contributed by atoms with Gasteiger partial charge in [0.2, 0.25) is 17.7 Å². The van der Waals surface area contributed by atoms with Crippen LogP contribution in [0, 0.1) is 5.92 Å². The Hall–Kier alpha value is -2.79. The number of nitrogens with one attached hydrogen (secondary N) is 3. The van der Waals surface area contributed by atoms with Crippen LogP contribution in [-0.4, -0.2) is 76.4 Å². The van der Waals surface area contributed by atoms with Gasteiger partial charge in [-0.1, -0.05) is 44.2 Å². The van der Waals surface area contributed by atoms with Crippen molar-refractivity contribution in [2.24, 2.45) is 5.92 Å². The van der Waals surface area contributed by atoms with Crippen molar-refractivity contribution >= 4 is 36.4 Å². The second kappa shape index (κ2) is 14.8. The van der Waals surface area contributed by atoms with Crippen LogP contribution in [0.1, 0.15) is 52.5 Å². The van der Waals surface area contributed by atoms with Gasteiger partial charge in [0.05, 0.1) is 12.1 Å². The van der Waals surface area contributed by atoms with Gasteiger partial charge in [-0.2, -0.15) is 12.6 Å². The summed E-state index contributed by atoms with van der Waals surface area (Å²) in [7, 11) is 0. The molecule has 0 aromatic heterocycles. The average molecular weight is 537 g/mol. The highest BCUT2D eigenvalue weighted by atomic mass is 32.1. The second-order valence-corrected chi connectivity index (χ2v) is 10.2. The molecule has 4 amide bonds. The number of likely N-dealkylation sites (tertiary alicyclic amines) is 1. The molecule has 1 saturated heterocycles. The zero-order valence-electron chi connectivity index (χ0n) is 22.0. The van der Waals surface area contributed by atoms with E-state index in [2.05, 4.69) is 28.6 Å². The summed E-state index contributed by atoms with van der Waals surface area (Å²) < 4.78 is 5.30. The summed E-state index contributed by atoms with van der Waals surface area (Å²) in [5.41, 5.74) is 0.827. The molecule has 1 fully saturated rings. The van der Waals surface area contributed by atoms with Crippen molar-refractivity contribution in [1.82, 2.24) is 20.9 Å². The molecule has 1 heterocycles. The highest BCUT2D eigenvalue weighted by Gasteiger charge is 2.38. The number of aliphatic hydroxyl groups excluding tert-OH is 1. The fourth-order valence-electron chi connectivity index (χ4n) is 4.10. The number of nitrogens with zero attached hydrogens (tertiary/aromatic N) is 1. The van der Waals surface area contributed by atoms with Gasteiger partial charge in [-0.3, -0.25) is 14.4 Å². The lowest BCUT2D eigenvalue weighted by Gasteiger charge is -2.30. The highest BCUT2D eigenvalue weighted by Crippen LogP contribution is 2.21. The van der Waals surface area contributed by atoms with E-state index in [4.69, 9.17) is 4.74 Å². The number of hydrogen-bond acceptors (Lipinski definition) is 7. The van der Waals surface area contributed by atoms with Gasteiger partial charge in [-0.25, -0.2) is 4.79 Å². The van der Waals surface area contributed by atoms with Crippen molar-refractivity contribution in [3.05, 3.63) is 35.9 Å². The van der Waals surface area contributed by atoms with E-state index in [-0.39, 0.29) is 24.2 Å². The number of hydrogen-bond donors (Lipinski definition) is 5. The number of rotatable bonds is 12. The van der Waals surface area contributed by atoms with Crippen LogP contribution in [0.25, 0.3) is 0 Å². The number of amides is 4. The van der Waals surface area contributed by atoms with E-state index in [9.17, 15) is 24.3 Å². The van der Waals surface area contributed by atoms with Crippen LogP contribution in [0.3, 0.4) is 0 Å². The first kappa shape index (κ1) is 30.4. The molecule has 5 atom stereocenters. The lowest BCUT2D eigenvalue weighted by Crippen LogP contribution is -2.57. The zero-order valence-corrected chi connectivity index (χ0v) is 22.9. The number of carbonyl (C=O) groups is 4. The third kappa shape index (κ3) is 9.55. The second-order valence-electron chi connectivity index (χ2n) is 9.85. The van der Waals surface area contributed by atoms with Crippen molar-refractivity contribution in [3.8, 4) is 0 Å². The van der Waals surface area contributed by atoms with E-state index in [1.54, 1.807) is 6.92 Å². The molecule has 1 aliphatic heterocycles. The molecule has 1 aromatic carbocycles. The maximum atomic E-state index is 13.4. The zero-order chi connectivity index (χ0) is 27.5. The summed E-state index contributed by atoms with van der Waals surface area (Å²) in [6, 6.07) is 6.20. The average Bonchev–Trinajstić information content (AvgIpc) is 3.35. The fraction of sp³-hybridized carbons (Fsp3) is 0.615. The van der Waals surface area contributed by atoms with Gasteiger partial charge in [-0.05, 0) is 44.6 Å². The topological polar surface area (TPSA) is 137 Å². The normalized spacial score (nSPS) is 18.5. The van der Waals surface area contributed by atoms with Crippen molar-refractivity contribution in [3.63, 3.8) is 0 Å². The highest BCUT2D eigenvalue weighted by molar-refractivity contribution is 7.80. The minimum atomic E-state index is -0.872. The van der Waals surface area contributed by atoms with E-state index >= 15 is 0 Å². The molecule has 2 rings (SSSR count). The third-order valence-electron chi connectivity index (χ3n) is 6.21. The molecule has 0 unspecified atom stereocenters. The van der Waals surface area contributed by atoms with Crippen molar-refractivity contribution < 1.29 is 29.0 Å². The molecule has 0 aliphatic carbocycles. The Balaban J connectivity index is 2.00. The minimum Gasteiger partial charge on any atom is -0.445 e. The van der Waals surface area contributed by atoms with Gasteiger partial charge in [0, 0.05) is 12.3 Å². The summed E-state index contributed by atoms with van der Waals surface area (Å²) in [5, 5.41) is 17.7. The van der Waals surface area contributed by atoms with Crippen LogP contribution in [0.15, 0.2) is 30.3 Å². The molecule has 4 N–H and O–H groups in total. The Morgan fingerprint density at radius 2 is 1.76 bits per heavy atom. The summed E-state index contributed by atoms with van der Waals surface area (Å²) >= 11 is 4.13. The predicted molar refractivity (Wildman–Crippen MR) is 143 cm³/mol. The van der Waals surface area contributed by atoms with Gasteiger partial charge in [-0.15, -0.1) is 0 Å². The molecular formula is C26H40N4O6S. The molecule has 1 aromatic rings. The van der Waals surface area contributed by atoms with E-state index in [0.29, 0.717) is 25.8 Å². The van der Waals surface area contributed by atoms with Crippen molar-refractivity contribution in [2.75, 3.05) is 12.3 Å². The van der Waals surface area contributed by atoms with E-state index < -0.39 is 48.2 Å². The molecule has 0 bridgehead atoms. The van der Waals surface area contributed by atoms with Crippen LogP contribution in [-0.2, 0) is 25.7 Å². The number of benzene rings is 1. The summed E-state index contributed by atoms with van der Waals surface area (Å²) in [6.07, 6.45) is -0.0395. The third-order valence-corrected chi connectivity index (χ3v) is 6.60. The lowest BCUT2D eigenvalue weighted by atomic mass is 10.0. The number of aliphatic hydroxyl groups is 1. The molecule has 11 heteroatoms. The van der Waals surface area contributed by atoms with Gasteiger partial charge >= 0.3 is 6.09 Å². The maximum Gasteiger partial charge on any atom is 0.408 e. The molecule has 0 radical (unpaired) electrons. The summed E-state index contributed by atoms with van der Waals surface area (Å²) in [5.74, 6) is -0.903. The van der Waals surface area contributed by atoms with Crippen LogP contribution in [0.5, 0.6) is 0 Å². The predicted octanol–water partition coefficient (Wildman–Crippen LogP) is 1.62. The number of alkyl carbamates (subject to hydrolysis) is 1. The van der Waals surface area contributed by atoms with Gasteiger partial charge in [0.1, 0.15) is 24.7 Å². The first-order chi connectivity index (χ1) is 17.5. The molecule has 206 valence electrons. The van der Waals surface area contributed by atoms with E-state index in [1.807, 2.05) is 44.2 Å². The van der Waals surface area contributed by atoms with E-state index in [0.717, 1.165) is 5.56 Å². The maximum absolute atomic E-state index is 13.4. The van der Waals surface area contributed by atoms with Gasteiger partial charge < -0.3 is 30.7 Å². The Morgan fingerprint density at radius 1 is 1.08 bits per heavy atom. The SMILES string of the molecule is CC(C)C[C@H](NC(=O)OCc1ccccc1)C(=O)N1CCC[C@H]1C(=O)N[C@@H](C)C(=O)N[C@H](CS)[C@@H](C)O. The molecular weight excluding hydrogens is 496 g/mol. The van der Waals surface area contributed by atoms with Crippen LogP contribution in [0.4, 0.5) is 4.79 Å². The molecule has 0 saturated carbocycles. The Bertz CT molecular complexity index is 914. The van der Waals surface area contributed by atoms with E-state index in [1.165, 1.54) is 11.8 Å². The minimum absolute atomic E-state index is 0.0765. The molecule has 0 spiro atoms. The van der Waals surface area contributed by atoms with Gasteiger partial charge in [0.25, 0.3) is 0 Å². The quantitative estimate of drug-likeness (QED) is 0.258. The smallest absolute Gasteiger partial charge is 0.408 e. The Morgan fingerprint density at radius 3 is 2.35 bits per heavy atom. The number of thiol groups is 1. The molecule has 1 aliphatic rings. The standard InChI is InChI=1S/C26H40N4O6S/c1-16(2)13-20(29-26(35)36-14-19-9-6-5-7-10-19)25(34)30-12-8-11-22(30)24(33)27-17(3)23(32)28-21(15-37)18(4)31/h5-7,9-10,16-18,20-22,31,37H,8,11-15H2,1-4H3,(H,27,33)(H,28,32)(H,29,35)/t17-,18+,20-,21+,22-/m0/s1. The molecule has 10 nitrogen and oxygen atoms in total. The fourth-order valence-corrected chi connectivity index (χ4v) is 4.50. The molecule has 37 heavy (non-hydrogen) atoms. The largest absolute Gasteiger partial charge is 0.445 e.